The van der Waals surface area contributed by atoms with Gasteiger partial charge < -0.3 is 10.1 Å². The van der Waals surface area contributed by atoms with E-state index in [9.17, 15) is 4.79 Å². The first-order valence-corrected chi connectivity index (χ1v) is 9.48. The molecule has 1 N–H and O–H groups in total. The predicted molar refractivity (Wildman–Crippen MR) is 108 cm³/mol. The number of aromatic nitrogens is 1. The van der Waals surface area contributed by atoms with Gasteiger partial charge in [-0.05, 0) is 42.1 Å². The number of nitrogens with one attached hydrogen (secondary N) is 1. The normalized spacial score (nSPS) is 11.9. The third-order valence-corrected chi connectivity index (χ3v) is 5.29. The predicted octanol–water partition coefficient (Wildman–Crippen LogP) is 5.14. The molecule has 0 aliphatic carbocycles. The molecule has 0 saturated carbocycles. The van der Waals surface area contributed by atoms with Crippen LogP contribution in [-0.2, 0) is 4.79 Å². The molecule has 26 heavy (non-hydrogen) atoms. The van der Waals surface area contributed by atoms with E-state index in [-0.39, 0.29) is 5.91 Å². The van der Waals surface area contributed by atoms with Crippen molar-refractivity contribution >= 4 is 34.3 Å². The number of hydrogen-bond donors (Lipinski definition) is 1. The second-order valence-electron chi connectivity index (χ2n) is 6.07. The van der Waals surface area contributed by atoms with Crippen LogP contribution in [0.2, 0.25) is 0 Å². The molecule has 1 unspecified atom stereocenters. The first-order valence-electron chi connectivity index (χ1n) is 8.60. The smallest absolute Gasteiger partial charge is 0.225 e. The summed E-state index contributed by atoms with van der Waals surface area (Å²) < 4.78 is 5.17. The highest BCUT2D eigenvalue weighted by atomic mass is 32.2. The molecule has 3 rings (SSSR count). The molecule has 0 aliphatic rings. The molecule has 134 valence electrons. The number of pyridine rings is 1. The Hall–Kier alpha value is -2.53. The SMILES string of the molecule is COc1ccc(SC(C)CCC(=O)Nc2nccc3ccccc23)cc1. The van der Waals surface area contributed by atoms with Crippen molar-refractivity contribution in [1.82, 2.24) is 4.98 Å². The van der Waals surface area contributed by atoms with Gasteiger partial charge in [-0.15, -0.1) is 11.8 Å². The summed E-state index contributed by atoms with van der Waals surface area (Å²) in [5, 5.41) is 5.32. The van der Waals surface area contributed by atoms with Crippen LogP contribution in [0.15, 0.2) is 65.7 Å². The van der Waals surface area contributed by atoms with Gasteiger partial charge in [0.1, 0.15) is 11.6 Å². The molecule has 1 heterocycles. The Morgan fingerprint density at radius 2 is 1.92 bits per heavy atom. The van der Waals surface area contributed by atoms with E-state index in [2.05, 4.69) is 17.2 Å². The summed E-state index contributed by atoms with van der Waals surface area (Å²) >= 11 is 1.76. The number of carbonyl (C=O) groups excluding carboxylic acids is 1. The lowest BCUT2D eigenvalue weighted by Crippen LogP contribution is -2.14. The summed E-state index contributed by atoms with van der Waals surface area (Å²) in [4.78, 5) is 17.8. The minimum Gasteiger partial charge on any atom is -0.497 e. The number of hydrogen-bond acceptors (Lipinski definition) is 4. The van der Waals surface area contributed by atoms with E-state index >= 15 is 0 Å². The van der Waals surface area contributed by atoms with E-state index in [0.717, 1.165) is 22.9 Å². The van der Waals surface area contributed by atoms with Crippen molar-refractivity contribution in [2.24, 2.45) is 0 Å². The zero-order chi connectivity index (χ0) is 18.4. The summed E-state index contributed by atoms with van der Waals surface area (Å²) in [6.45, 7) is 2.14. The second-order valence-corrected chi connectivity index (χ2v) is 7.58. The van der Waals surface area contributed by atoms with Crippen LogP contribution < -0.4 is 10.1 Å². The molecular formula is C21H22N2O2S. The number of rotatable bonds is 7. The van der Waals surface area contributed by atoms with Crippen molar-refractivity contribution in [1.29, 1.82) is 0 Å². The maximum atomic E-state index is 12.3. The highest BCUT2D eigenvalue weighted by Gasteiger charge is 2.11. The van der Waals surface area contributed by atoms with Gasteiger partial charge in [-0.1, -0.05) is 31.2 Å². The fourth-order valence-corrected chi connectivity index (χ4v) is 3.69. The number of thioether (sulfide) groups is 1. The molecule has 4 nitrogen and oxygen atoms in total. The van der Waals surface area contributed by atoms with Crippen molar-refractivity contribution < 1.29 is 9.53 Å². The van der Waals surface area contributed by atoms with Crippen LogP contribution in [0.1, 0.15) is 19.8 Å². The number of ether oxygens (including phenoxy) is 1. The Labute approximate surface area is 158 Å². The summed E-state index contributed by atoms with van der Waals surface area (Å²) in [5.74, 6) is 1.48. The molecule has 0 radical (unpaired) electrons. The van der Waals surface area contributed by atoms with Gasteiger partial charge in [-0.3, -0.25) is 4.79 Å². The number of amides is 1. The van der Waals surface area contributed by atoms with Crippen LogP contribution in [0.5, 0.6) is 5.75 Å². The van der Waals surface area contributed by atoms with Crippen LogP contribution in [0.25, 0.3) is 10.8 Å². The van der Waals surface area contributed by atoms with Crippen LogP contribution in [0.4, 0.5) is 5.82 Å². The Morgan fingerprint density at radius 3 is 2.69 bits per heavy atom. The third kappa shape index (κ3) is 4.76. The van der Waals surface area contributed by atoms with Gasteiger partial charge in [0, 0.05) is 28.1 Å². The maximum Gasteiger partial charge on any atom is 0.225 e. The Morgan fingerprint density at radius 1 is 1.15 bits per heavy atom. The van der Waals surface area contributed by atoms with Crippen LogP contribution in [0.3, 0.4) is 0 Å². The van der Waals surface area contributed by atoms with Crippen molar-refractivity contribution in [2.45, 2.75) is 29.9 Å². The van der Waals surface area contributed by atoms with E-state index in [1.54, 1.807) is 25.1 Å². The highest BCUT2D eigenvalue weighted by Crippen LogP contribution is 2.28. The molecule has 1 amide bonds. The van der Waals surface area contributed by atoms with E-state index in [1.807, 2.05) is 54.6 Å². The lowest BCUT2D eigenvalue weighted by Gasteiger charge is -2.12. The molecule has 0 spiro atoms. The van der Waals surface area contributed by atoms with Crippen LogP contribution in [-0.4, -0.2) is 23.3 Å². The van der Waals surface area contributed by atoms with Gasteiger partial charge in [0.15, 0.2) is 0 Å². The van der Waals surface area contributed by atoms with Gasteiger partial charge in [-0.2, -0.15) is 0 Å². The van der Waals surface area contributed by atoms with Gasteiger partial charge in [0.2, 0.25) is 5.91 Å². The average Bonchev–Trinajstić information content (AvgIpc) is 2.67. The quantitative estimate of drug-likeness (QED) is 0.588. The molecule has 0 saturated heterocycles. The topological polar surface area (TPSA) is 51.2 Å². The van der Waals surface area contributed by atoms with E-state index in [0.29, 0.717) is 17.5 Å². The fraction of sp³-hybridized carbons (Fsp3) is 0.238. The number of nitrogens with zero attached hydrogens (tertiary/aromatic N) is 1. The Balaban J connectivity index is 1.53. The van der Waals surface area contributed by atoms with Gasteiger partial charge in [0.05, 0.1) is 7.11 Å². The molecule has 0 fully saturated rings. The fourth-order valence-electron chi connectivity index (χ4n) is 2.69. The minimum atomic E-state index is -0.00367. The first-order chi connectivity index (χ1) is 12.7. The molecule has 0 bridgehead atoms. The number of methoxy groups -OCH3 is 1. The van der Waals surface area contributed by atoms with Gasteiger partial charge in [0.25, 0.3) is 0 Å². The van der Waals surface area contributed by atoms with Crippen LogP contribution >= 0.6 is 11.8 Å². The van der Waals surface area contributed by atoms with Crippen molar-refractivity contribution in [3.8, 4) is 5.75 Å². The lowest BCUT2D eigenvalue weighted by atomic mass is 10.1. The van der Waals surface area contributed by atoms with Crippen molar-refractivity contribution in [3.63, 3.8) is 0 Å². The van der Waals surface area contributed by atoms with E-state index in [1.165, 1.54) is 4.90 Å². The lowest BCUT2D eigenvalue weighted by molar-refractivity contribution is -0.116. The summed E-state index contributed by atoms with van der Waals surface area (Å²) in [5.41, 5.74) is 0. The van der Waals surface area contributed by atoms with Gasteiger partial charge >= 0.3 is 0 Å². The second kappa shape index (κ2) is 8.72. The Kier molecular flexibility index (Phi) is 6.12. The first kappa shape index (κ1) is 18.3. The molecule has 2 aromatic carbocycles. The number of anilines is 1. The molecule has 1 atom stereocenters. The Bertz CT molecular complexity index is 875. The highest BCUT2D eigenvalue weighted by molar-refractivity contribution is 7.99. The minimum absolute atomic E-state index is 0.00367. The van der Waals surface area contributed by atoms with Crippen molar-refractivity contribution in [2.75, 3.05) is 12.4 Å². The number of fused-ring (bicyclic) bond motifs is 1. The molecule has 5 heteroatoms. The van der Waals surface area contributed by atoms with E-state index < -0.39 is 0 Å². The zero-order valence-electron chi connectivity index (χ0n) is 14.9. The number of benzene rings is 2. The average molecular weight is 366 g/mol. The largest absolute Gasteiger partial charge is 0.497 e. The monoisotopic (exact) mass is 366 g/mol. The maximum absolute atomic E-state index is 12.3. The summed E-state index contributed by atoms with van der Waals surface area (Å²) in [7, 11) is 1.66. The molecular weight excluding hydrogens is 344 g/mol. The third-order valence-electron chi connectivity index (χ3n) is 4.11. The number of carbonyl (C=O) groups is 1. The molecule has 0 aliphatic heterocycles. The van der Waals surface area contributed by atoms with E-state index in [4.69, 9.17) is 4.74 Å². The standard InChI is InChI=1S/C21H22N2O2S/c1-15(26-18-10-8-17(25-2)9-11-18)7-12-20(24)23-21-19-6-4-3-5-16(19)13-14-22-21/h3-6,8-11,13-15H,7,12H2,1-2H3,(H,22,23,24). The van der Waals surface area contributed by atoms with Gasteiger partial charge in [-0.25, -0.2) is 4.98 Å². The zero-order valence-corrected chi connectivity index (χ0v) is 15.8. The van der Waals surface area contributed by atoms with Crippen molar-refractivity contribution in [3.05, 3.63) is 60.8 Å². The summed E-state index contributed by atoms with van der Waals surface area (Å²) in [6, 6.07) is 17.8. The van der Waals surface area contributed by atoms with Crippen LogP contribution in [0, 0.1) is 0 Å². The molecule has 3 aromatic rings. The summed E-state index contributed by atoms with van der Waals surface area (Å²) in [6.07, 6.45) is 2.99. The molecule has 1 aromatic heterocycles.